The van der Waals surface area contributed by atoms with Crippen molar-refractivity contribution in [1.29, 1.82) is 0 Å². The van der Waals surface area contributed by atoms with E-state index in [0.717, 1.165) is 5.69 Å². The van der Waals surface area contributed by atoms with Crippen molar-refractivity contribution in [3.63, 3.8) is 0 Å². The maximum atomic E-state index is 12.5. The molecule has 3 rings (SSSR count). The molecule has 2 N–H and O–H groups in total. The van der Waals surface area contributed by atoms with Gasteiger partial charge in [0.25, 0.3) is 5.91 Å². The topological polar surface area (TPSA) is 118 Å². The van der Waals surface area contributed by atoms with Crippen LogP contribution in [0.4, 0.5) is 0 Å². The number of esters is 1. The minimum absolute atomic E-state index is 0.102. The summed E-state index contributed by atoms with van der Waals surface area (Å²) in [4.78, 5) is 45.2. The van der Waals surface area contributed by atoms with E-state index >= 15 is 0 Å². The van der Waals surface area contributed by atoms with Crippen LogP contribution < -0.4 is 5.32 Å². The van der Waals surface area contributed by atoms with Gasteiger partial charge in [-0.2, -0.15) is 5.06 Å². The van der Waals surface area contributed by atoms with Crippen LogP contribution in [0.2, 0.25) is 0 Å². The number of aliphatic carboxylic acids is 1. The molecule has 25 heavy (non-hydrogen) atoms. The van der Waals surface area contributed by atoms with Crippen LogP contribution in [0.5, 0.6) is 0 Å². The molecule has 0 aliphatic carbocycles. The number of carboxylic acid groups (broad SMARTS) is 1. The molecule has 0 radical (unpaired) electrons. The molecule has 2 fully saturated rings. The molecule has 0 spiro atoms. The molecule has 0 aromatic carbocycles. The van der Waals surface area contributed by atoms with E-state index in [0.29, 0.717) is 16.5 Å². The van der Waals surface area contributed by atoms with E-state index in [1.165, 1.54) is 0 Å². The van der Waals surface area contributed by atoms with E-state index in [4.69, 9.17) is 21.8 Å². The molecular weight excluding hydrogens is 350 g/mol. The zero-order valence-electron chi connectivity index (χ0n) is 13.0. The lowest BCUT2D eigenvalue weighted by molar-refractivity contribution is -0.256. The normalized spacial score (nSPS) is 25.8. The summed E-state index contributed by atoms with van der Waals surface area (Å²) >= 11 is 5.22. The number of hydroxylamine groups is 2. The summed E-state index contributed by atoms with van der Waals surface area (Å²) in [6.07, 6.45) is 1.70. The number of amides is 1. The van der Waals surface area contributed by atoms with Crippen molar-refractivity contribution < 1.29 is 29.1 Å². The smallest absolute Gasteiger partial charge is 0.372 e. The molecule has 0 saturated carbocycles. The first-order chi connectivity index (χ1) is 11.9. The van der Waals surface area contributed by atoms with Gasteiger partial charge in [-0.05, 0) is 12.1 Å². The second-order valence-corrected chi connectivity index (χ2v) is 6.10. The summed E-state index contributed by atoms with van der Waals surface area (Å²) in [5.74, 6) is -2.80. The van der Waals surface area contributed by atoms with Crippen molar-refractivity contribution >= 4 is 35.1 Å². The highest BCUT2D eigenvalue weighted by molar-refractivity contribution is 7.80. The number of carboxylic acids is 1. The summed E-state index contributed by atoms with van der Waals surface area (Å²) < 4.78 is 4.88. The molecule has 2 atom stereocenters. The predicted molar refractivity (Wildman–Crippen MR) is 86.0 cm³/mol. The second-order valence-electron chi connectivity index (χ2n) is 5.61. The standard InChI is InChI=1S/C15H15N3O6S/c19-12-4-5-15(24-12,14(21)22)18-13(20)10(8-23-18)17-11(25)7-9-3-1-2-6-16-9/h1-3,6,10H,4-5,7-8H2,(H,17,25)(H,21,22)/t10-,15?/m0/s1. The number of nitrogens with one attached hydrogen (secondary N) is 1. The van der Waals surface area contributed by atoms with Crippen LogP contribution in [-0.4, -0.2) is 56.4 Å². The summed E-state index contributed by atoms with van der Waals surface area (Å²) in [5.41, 5.74) is -1.39. The number of hydrogen-bond acceptors (Lipinski definition) is 7. The second kappa shape index (κ2) is 6.73. The summed E-state index contributed by atoms with van der Waals surface area (Å²) in [5, 5.41) is 12.9. The maximum absolute atomic E-state index is 12.5. The number of rotatable bonds is 5. The van der Waals surface area contributed by atoms with E-state index in [1.54, 1.807) is 18.3 Å². The lowest BCUT2D eigenvalue weighted by Gasteiger charge is -2.30. The van der Waals surface area contributed by atoms with Gasteiger partial charge in [-0.25, -0.2) is 4.79 Å². The number of carbonyl (C=O) groups is 3. The van der Waals surface area contributed by atoms with Crippen molar-refractivity contribution in [3.8, 4) is 0 Å². The van der Waals surface area contributed by atoms with E-state index in [1.807, 2.05) is 6.07 Å². The SMILES string of the molecule is O=C1CCC(C(=O)O)(N2OC[C@H](NC(=S)Cc3ccccn3)C2=O)O1. The first kappa shape index (κ1) is 17.2. The van der Waals surface area contributed by atoms with Gasteiger partial charge in [-0.3, -0.25) is 19.4 Å². The third kappa shape index (κ3) is 3.30. The quantitative estimate of drug-likeness (QED) is 0.540. The van der Waals surface area contributed by atoms with Crippen molar-refractivity contribution in [1.82, 2.24) is 15.4 Å². The van der Waals surface area contributed by atoms with Crippen molar-refractivity contribution in [2.75, 3.05) is 6.61 Å². The molecular formula is C15H15N3O6S. The largest absolute Gasteiger partial charge is 0.477 e. The van der Waals surface area contributed by atoms with Crippen molar-refractivity contribution in [3.05, 3.63) is 30.1 Å². The number of carbonyl (C=O) groups excluding carboxylic acids is 2. The molecule has 132 valence electrons. The van der Waals surface area contributed by atoms with Gasteiger partial charge < -0.3 is 15.2 Å². The fourth-order valence-electron chi connectivity index (χ4n) is 2.67. The van der Waals surface area contributed by atoms with Gasteiger partial charge in [0.05, 0.1) is 11.4 Å². The van der Waals surface area contributed by atoms with Gasteiger partial charge in [-0.15, -0.1) is 0 Å². The molecule has 1 aromatic rings. The van der Waals surface area contributed by atoms with E-state index in [-0.39, 0.29) is 19.4 Å². The Morgan fingerprint density at radius 2 is 2.28 bits per heavy atom. The molecule has 1 aromatic heterocycles. The Labute approximate surface area is 147 Å². The van der Waals surface area contributed by atoms with Gasteiger partial charge >= 0.3 is 17.7 Å². The molecule has 1 amide bonds. The van der Waals surface area contributed by atoms with Crippen LogP contribution in [-0.2, 0) is 30.4 Å². The lowest BCUT2D eigenvalue weighted by Crippen LogP contribution is -2.56. The maximum Gasteiger partial charge on any atom is 0.372 e. The molecule has 2 aliphatic heterocycles. The first-order valence-electron chi connectivity index (χ1n) is 7.54. The Hall–Kier alpha value is -2.59. The molecule has 10 heteroatoms. The Morgan fingerprint density at radius 1 is 1.48 bits per heavy atom. The summed E-state index contributed by atoms with van der Waals surface area (Å²) in [7, 11) is 0. The molecule has 0 bridgehead atoms. The van der Waals surface area contributed by atoms with E-state index in [2.05, 4.69) is 10.3 Å². The number of hydrogen-bond donors (Lipinski definition) is 2. The Bertz CT molecular complexity index is 727. The molecule has 3 heterocycles. The molecule has 2 saturated heterocycles. The molecule has 1 unspecified atom stereocenters. The van der Waals surface area contributed by atoms with Gasteiger partial charge in [0.2, 0.25) is 0 Å². The number of nitrogens with zero attached hydrogens (tertiary/aromatic N) is 2. The predicted octanol–water partition coefficient (Wildman–Crippen LogP) is -0.199. The minimum atomic E-state index is -2.12. The third-order valence-electron chi connectivity index (χ3n) is 3.88. The van der Waals surface area contributed by atoms with Gasteiger partial charge in [0, 0.05) is 24.7 Å². The Kier molecular flexibility index (Phi) is 4.64. The van der Waals surface area contributed by atoms with E-state index in [9.17, 15) is 19.5 Å². The van der Waals surface area contributed by atoms with Crippen LogP contribution in [0, 0.1) is 0 Å². The number of thiocarbonyl (C=S) groups is 1. The average Bonchev–Trinajstić information content (AvgIpc) is 3.13. The zero-order valence-corrected chi connectivity index (χ0v) is 13.8. The summed E-state index contributed by atoms with van der Waals surface area (Å²) in [6.45, 7) is -0.117. The van der Waals surface area contributed by atoms with Gasteiger partial charge in [0.15, 0.2) is 0 Å². The first-order valence-corrected chi connectivity index (χ1v) is 7.95. The fraction of sp³-hybridized carbons (Fsp3) is 0.400. The summed E-state index contributed by atoms with van der Waals surface area (Å²) in [6, 6.07) is 4.54. The van der Waals surface area contributed by atoms with Crippen molar-refractivity contribution in [2.45, 2.75) is 31.0 Å². The van der Waals surface area contributed by atoms with Crippen LogP contribution in [0.25, 0.3) is 0 Å². The number of cyclic esters (lactones) is 1. The Balaban J connectivity index is 1.66. The molecule has 9 nitrogen and oxygen atoms in total. The average molecular weight is 365 g/mol. The monoisotopic (exact) mass is 365 g/mol. The zero-order chi connectivity index (χ0) is 18.0. The number of aromatic nitrogens is 1. The Morgan fingerprint density at radius 3 is 2.88 bits per heavy atom. The van der Waals surface area contributed by atoms with Crippen LogP contribution in [0.1, 0.15) is 18.5 Å². The van der Waals surface area contributed by atoms with E-state index < -0.39 is 29.6 Å². The van der Waals surface area contributed by atoms with Gasteiger partial charge in [0.1, 0.15) is 12.6 Å². The highest BCUT2D eigenvalue weighted by atomic mass is 32.1. The fourth-order valence-corrected chi connectivity index (χ4v) is 2.96. The minimum Gasteiger partial charge on any atom is -0.477 e. The molecule has 2 aliphatic rings. The van der Waals surface area contributed by atoms with Crippen LogP contribution in [0.15, 0.2) is 24.4 Å². The van der Waals surface area contributed by atoms with Crippen molar-refractivity contribution in [2.24, 2.45) is 0 Å². The highest BCUT2D eigenvalue weighted by Crippen LogP contribution is 2.33. The lowest BCUT2D eigenvalue weighted by atomic mass is 10.1. The van der Waals surface area contributed by atoms with Crippen LogP contribution in [0.3, 0.4) is 0 Å². The third-order valence-corrected chi connectivity index (χ3v) is 4.15. The highest BCUT2D eigenvalue weighted by Gasteiger charge is 2.59. The number of pyridine rings is 1. The van der Waals surface area contributed by atoms with Crippen LogP contribution >= 0.6 is 12.2 Å². The number of ether oxygens (including phenoxy) is 1. The van der Waals surface area contributed by atoms with Gasteiger partial charge in [-0.1, -0.05) is 18.3 Å².